The zero-order chi connectivity index (χ0) is 17.1. The summed E-state index contributed by atoms with van der Waals surface area (Å²) in [4.78, 5) is 16.1. The molecular weight excluding hydrogens is 302 g/mol. The largest absolute Gasteiger partial charge is 0.354 e. The summed E-state index contributed by atoms with van der Waals surface area (Å²) >= 11 is 0. The maximum absolute atomic E-state index is 11.9. The maximum atomic E-state index is 11.9. The van der Waals surface area contributed by atoms with Crippen molar-refractivity contribution >= 4 is 11.7 Å². The monoisotopic (exact) mass is 327 g/mol. The number of aromatic nitrogens is 2. The van der Waals surface area contributed by atoms with Crippen molar-refractivity contribution in [3.05, 3.63) is 16.8 Å². The minimum atomic E-state index is 0.298. The van der Waals surface area contributed by atoms with Crippen molar-refractivity contribution in [2.24, 2.45) is 0 Å². The van der Waals surface area contributed by atoms with Gasteiger partial charge in [0.2, 0.25) is 5.91 Å². The van der Waals surface area contributed by atoms with Gasteiger partial charge in [0, 0.05) is 32.1 Å². The Hall–Kier alpha value is -2.16. The fourth-order valence-corrected chi connectivity index (χ4v) is 3.95. The second-order valence-electron chi connectivity index (χ2n) is 6.55. The smallest absolute Gasteiger partial charge is 0.222 e. The number of piperidine rings is 1. The summed E-state index contributed by atoms with van der Waals surface area (Å²) in [6.45, 7) is 6.66. The zero-order valence-electron chi connectivity index (χ0n) is 14.6. The van der Waals surface area contributed by atoms with Crippen molar-refractivity contribution in [3.8, 4) is 6.07 Å². The van der Waals surface area contributed by atoms with Crippen LogP contribution in [0.1, 0.15) is 56.4 Å². The standard InChI is InChI=1S/C18H25N5O/c1-3-14-15(12-19)18(21-20-16(14)4-2)22-10-7-13(8-11-22)23-9-5-6-17(23)24/h13H,3-11H2,1-2H3. The molecule has 0 unspecified atom stereocenters. The molecule has 6 heteroatoms. The topological polar surface area (TPSA) is 73.1 Å². The van der Waals surface area contributed by atoms with Crippen molar-refractivity contribution in [2.75, 3.05) is 24.5 Å². The van der Waals surface area contributed by atoms with Crippen LogP contribution in [0.4, 0.5) is 5.82 Å². The fraction of sp³-hybridized carbons (Fsp3) is 0.667. The van der Waals surface area contributed by atoms with Gasteiger partial charge >= 0.3 is 0 Å². The minimum absolute atomic E-state index is 0.298. The third kappa shape index (κ3) is 2.95. The van der Waals surface area contributed by atoms with E-state index in [0.717, 1.165) is 68.8 Å². The highest BCUT2D eigenvalue weighted by Gasteiger charge is 2.32. The van der Waals surface area contributed by atoms with E-state index >= 15 is 0 Å². The van der Waals surface area contributed by atoms with Gasteiger partial charge in [-0.3, -0.25) is 4.79 Å². The molecule has 0 bridgehead atoms. The number of aryl methyl sites for hydroxylation is 1. The molecule has 2 fully saturated rings. The lowest BCUT2D eigenvalue weighted by atomic mass is 10.0. The van der Waals surface area contributed by atoms with Crippen LogP contribution in [0.3, 0.4) is 0 Å². The summed E-state index contributed by atoms with van der Waals surface area (Å²) in [5.74, 6) is 1.02. The Morgan fingerprint density at radius 3 is 2.46 bits per heavy atom. The summed E-state index contributed by atoms with van der Waals surface area (Å²) in [5, 5.41) is 18.4. The molecule has 2 aliphatic rings. The average Bonchev–Trinajstić information content (AvgIpc) is 3.06. The first-order chi connectivity index (χ1) is 11.7. The van der Waals surface area contributed by atoms with Gasteiger partial charge in [-0.15, -0.1) is 5.10 Å². The van der Waals surface area contributed by atoms with Crippen LogP contribution >= 0.6 is 0 Å². The molecule has 2 aliphatic heterocycles. The Bertz CT molecular complexity index is 658. The second kappa shape index (κ2) is 7.16. The van der Waals surface area contributed by atoms with Crippen molar-refractivity contribution in [3.63, 3.8) is 0 Å². The van der Waals surface area contributed by atoms with Crippen LogP contribution in [-0.2, 0) is 17.6 Å². The predicted octanol–water partition coefficient (Wildman–Crippen LogP) is 2.06. The molecule has 0 radical (unpaired) electrons. The van der Waals surface area contributed by atoms with Crippen LogP contribution in [0.5, 0.6) is 0 Å². The van der Waals surface area contributed by atoms with Gasteiger partial charge in [-0.1, -0.05) is 13.8 Å². The Morgan fingerprint density at radius 2 is 1.92 bits per heavy atom. The lowest BCUT2D eigenvalue weighted by molar-refractivity contribution is -0.130. The molecule has 0 saturated carbocycles. The lowest BCUT2D eigenvalue weighted by Gasteiger charge is -2.37. The van der Waals surface area contributed by atoms with Gasteiger partial charge in [0.05, 0.1) is 5.69 Å². The molecule has 2 saturated heterocycles. The number of rotatable bonds is 4. The Balaban J connectivity index is 1.77. The van der Waals surface area contributed by atoms with Gasteiger partial charge in [0.15, 0.2) is 5.82 Å². The number of anilines is 1. The number of carbonyl (C=O) groups is 1. The minimum Gasteiger partial charge on any atom is -0.354 e. The van der Waals surface area contributed by atoms with Gasteiger partial charge in [-0.2, -0.15) is 10.4 Å². The third-order valence-electron chi connectivity index (χ3n) is 5.25. The van der Waals surface area contributed by atoms with Gasteiger partial charge in [-0.25, -0.2) is 0 Å². The van der Waals surface area contributed by atoms with E-state index < -0.39 is 0 Å². The van der Waals surface area contributed by atoms with Gasteiger partial charge in [0.1, 0.15) is 11.6 Å². The number of likely N-dealkylation sites (tertiary alicyclic amines) is 1. The predicted molar refractivity (Wildman–Crippen MR) is 91.7 cm³/mol. The van der Waals surface area contributed by atoms with E-state index in [1.165, 1.54) is 0 Å². The highest BCUT2D eigenvalue weighted by atomic mass is 16.2. The van der Waals surface area contributed by atoms with E-state index in [4.69, 9.17) is 0 Å². The van der Waals surface area contributed by atoms with E-state index in [1.54, 1.807) is 0 Å². The molecule has 3 rings (SSSR count). The molecule has 3 heterocycles. The molecule has 1 aromatic heterocycles. The number of hydrogen-bond donors (Lipinski definition) is 0. The summed E-state index contributed by atoms with van der Waals surface area (Å²) in [5.41, 5.74) is 2.64. The van der Waals surface area contributed by atoms with Gasteiger partial charge in [0.25, 0.3) is 0 Å². The molecule has 128 valence electrons. The van der Waals surface area contributed by atoms with E-state index in [1.807, 2.05) is 11.8 Å². The van der Waals surface area contributed by atoms with E-state index in [2.05, 4.69) is 28.1 Å². The maximum Gasteiger partial charge on any atom is 0.222 e. The quantitative estimate of drug-likeness (QED) is 0.846. The Labute approximate surface area is 143 Å². The van der Waals surface area contributed by atoms with Gasteiger partial charge in [-0.05, 0) is 37.7 Å². The van der Waals surface area contributed by atoms with Crippen molar-refractivity contribution in [1.29, 1.82) is 5.26 Å². The molecule has 0 aromatic carbocycles. The summed E-state index contributed by atoms with van der Waals surface area (Å²) in [6.07, 6.45) is 5.16. The van der Waals surface area contributed by atoms with Crippen molar-refractivity contribution in [1.82, 2.24) is 15.1 Å². The lowest BCUT2D eigenvalue weighted by Crippen LogP contribution is -2.46. The number of nitriles is 1. The van der Waals surface area contributed by atoms with Crippen LogP contribution in [0.2, 0.25) is 0 Å². The molecule has 1 aromatic rings. The molecule has 0 spiro atoms. The molecule has 6 nitrogen and oxygen atoms in total. The van der Waals surface area contributed by atoms with Crippen molar-refractivity contribution in [2.45, 2.75) is 58.4 Å². The van der Waals surface area contributed by atoms with Crippen LogP contribution < -0.4 is 4.90 Å². The number of amides is 1. The molecular formula is C18H25N5O. The van der Waals surface area contributed by atoms with E-state index in [-0.39, 0.29) is 0 Å². The first kappa shape index (κ1) is 16.7. The number of hydrogen-bond acceptors (Lipinski definition) is 5. The molecule has 1 amide bonds. The molecule has 0 N–H and O–H groups in total. The molecule has 0 aliphatic carbocycles. The number of nitrogens with zero attached hydrogens (tertiary/aromatic N) is 5. The average molecular weight is 327 g/mol. The van der Waals surface area contributed by atoms with E-state index in [9.17, 15) is 10.1 Å². The van der Waals surface area contributed by atoms with Crippen LogP contribution in [0, 0.1) is 11.3 Å². The highest BCUT2D eigenvalue weighted by Crippen LogP contribution is 2.28. The fourth-order valence-electron chi connectivity index (χ4n) is 3.95. The number of carbonyl (C=O) groups excluding carboxylic acids is 1. The third-order valence-corrected chi connectivity index (χ3v) is 5.25. The highest BCUT2D eigenvalue weighted by molar-refractivity contribution is 5.78. The SMILES string of the molecule is CCc1nnc(N2CCC(N3CCCC3=O)CC2)c(C#N)c1CC. The first-order valence-electron chi connectivity index (χ1n) is 9.02. The normalized spacial score (nSPS) is 19.0. The molecule has 24 heavy (non-hydrogen) atoms. The van der Waals surface area contributed by atoms with Gasteiger partial charge < -0.3 is 9.80 Å². The summed E-state index contributed by atoms with van der Waals surface area (Å²) < 4.78 is 0. The summed E-state index contributed by atoms with van der Waals surface area (Å²) in [7, 11) is 0. The Kier molecular flexibility index (Phi) is 4.98. The van der Waals surface area contributed by atoms with Crippen LogP contribution in [-0.4, -0.2) is 46.7 Å². The second-order valence-corrected chi connectivity index (χ2v) is 6.55. The summed E-state index contributed by atoms with van der Waals surface area (Å²) in [6, 6.07) is 2.69. The molecule has 0 atom stereocenters. The Morgan fingerprint density at radius 1 is 1.17 bits per heavy atom. The van der Waals surface area contributed by atoms with Crippen molar-refractivity contribution < 1.29 is 4.79 Å². The van der Waals surface area contributed by atoms with Crippen LogP contribution in [0.15, 0.2) is 0 Å². The first-order valence-corrected chi connectivity index (χ1v) is 9.02. The van der Waals surface area contributed by atoms with Crippen LogP contribution in [0.25, 0.3) is 0 Å². The zero-order valence-corrected chi connectivity index (χ0v) is 14.6. The van der Waals surface area contributed by atoms with E-state index in [0.29, 0.717) is 23.9 Å².